The van der Waals surface area contributed by atoms with Crippen molar-refractivity contribution in [3.63, 3.8) is 0 Å². The van der Waals surface area contributed by atoms with E-state index in [4.69, 9.17) is 9.15 Å². The fraction of sp³-hybridized carbons (Fsp3) is 0.350. The molecule has 2 aromatic heterocycles. The van der Waals surface area contributed by atoms with Crippen LogP contribution in [0.15, 0.2) is 34.7 Å². The van der Waals surface area contributed by atoms with Crippen LogP contribution in [0.1, 0.15) is 52.4 Å². The molecule has 0 bridgehead atoms. The van der Waals surface area contributed by atoms with Crippen LogP contribution in [0.4, 0.5) is 5.69 Å². The number of nitro benzene ring substituents is 1. The van der Waals surface area contributed by atoms with Crippen molar-refractivity contribution in [3.05, 3.63) is 61.7 Å². The molecule has 1 aliphatic carbocycles. The standard InChI is InChI=1S/C20H19N3O5S/c1-11-3-8-16-14(9-11)10-17(29-16)20(24)27-12(2)18-21-22-19(28-18)13-4-6-15(7-5-13)23(25)26/h4-7,10-12H,3,8-9H2,1-2H3/t11-,12-/m1/s1. The van der Waals surface area contributed by atoms with E-state index < -0.39 is 17.0 Å². The molecule has 8 nitrogen and oxygen atoms in total. The van der Waals surface area contributed by atoms with E-state index in [1.54, 1.807) is 6.92 Å². The summed E-state index contributed by atoms with van der Waals surface area (Å²) >= 11 is 1.49. The number of fused-ring (bicyclic) bond motifs is 1. The molecule has 9 heteroatoms. The first-order valence-electron chi connectivity index (χ1n) is 9.31. The van der Waals surface area contributed by atoms with Gasteiger partial charge in [0.15, 0.2) is 6.10 Å². The van der Waals surface area contributed by atoms with E-state index in [0.29, 0.717) is 16.4 Å². The van der Waals surface area contributed by atoms with Gasteiger partial charge in [0, 0.05) is 22.6 Å². The monoisotopic (exact) mass is 413 g/mol. The molecule has 3 aromatic rings. The Morgan fingerprint density at radius 3 is 2.83 bits per heavy atom. The molecule has 0 aliphatic heterocycles. The van der Waals surface area contributed by atoms with Gasteiger partial charge in [-0.1, -0.05) is 6.92 Å². The van der Waals surface area contributed by atoms with Crippen LogP contribution in [0, 0.1) is 16.0 Å². The lowest BCUT2D eigenvalue weighted by atomic mass is 9.90. The van der Waals surface area contributed by atoms with Crippen molar-refractivity contribution in [3.8, 4) is 11.5 Å². The largest absolute Gasteiger partial charge is 0.448 e. The predicted octanol–water partition coefficient (Wildman–Crippen LogP) is 4.75. The molecular formula is C20H19N3O5S. The number of nitro groups is 1. The molecule has 2 atom stereocenters. The summed E-state index contributed by atoms with van der Waals surface area (Å²) in [5.74, 6) is 0.607. The molecule has 150 valence electrons. The van der Waals surface area contributed by atoms with Gasteiger partial charge in [-0.05, 0) is 55.9 Å². The van der Waals surface area contributed by atoms with Gasteiger partial charge in [-0.2, -0.15) is 0 Å². The third kappa shape index (κ3) is 4.04. The van der Waals surface area contributed by atoms with Gasteiger partial charge < -0.3 is 9.15 Å². The van der Waals surface area contributed by atoms with Crippen molar-refractivity contribution < 1.29 is 18.9 Å². The maximum atomic E-state index is 12.5. The summed E-state index contributed by atoms with van der Waals surface area (Å²) in [6.07, 6.45) is 2.44. The molecule has 2 heterocycles. The maximum Gasteiger partial charge on any atom is 0.349 e. The van der Waals surface area contributed by atoms with Gasteiger partial charge in [0.1, 0.15) is 4.88 Å². The lowest BCUT2D eigenvalue weighted by Crippen LogP contribution is -2.08. The van der Waals surface area contributed by atoms with Crippen LogP contribution in [0.25, 0.3) is 11.5 Å². The Kier molecular flexibility index (Phi) is 5.14. The van der Waals surface area contributed by atoms with Gasteiger partial charge in [-0.15, -0.1) is 21.5 Å². The normalized spacial score (nSPS) is 16.8. The van der Waals surface area contributed by atoms with E-state index in [1.165, 1.54) is 46.0 Å². The van der Waals surface area contributed by atoms with Crippen LogP contribution in [-0.2, 0) is 17.6 Å². The van der Waals surface area contributed by atoms with Crippen molar-refractivity contribution in [2.45, 2.75) is 39.2 Å². The number of nitrogens with zero attached hydrogens (tertiary/aromatic N) is 3. The highest BCUT2D eigenvalue weighted by Gasteiger charge is 2.24. The molecule has 1 aromatic carbocycles. The molecular weight excluding hydrogens is 394 g/mol. The number of carbonyl (C=O) groups is 1. The Bertz CT molecular complexity index is 1060. The zero-order chi connectivity index (χ0) is 20.5. The van der Waals surface area contributed by atoms with Crippen molar-refractivity contribution in [1.82, 2.24) is 10.2 Å². The topological polar surface area (TPSA) is 108 Å². The van der Waals surface area contributed by atoms with Crippen molar-refractivity contribution >= 4 is 23.0 Å². The second-order valence-corrected chi connectivity index (χ2v) is 8.34. The highest BCUT2D eigenvalue weighted by Crippen LogP contribution is 2.33. The smallest absolute Gasteiger partial charge is 0.349 e. The number of non-ortho nitro benzene ring substituents is 1. The quantitative estimate of drug-likeness (QED) is 0.337. The van der Waals surface area contributed by atoms with Gasteiger partial charge in [0.25, 0.3) is 11.6 Å². The van der Waals surface area contributed by atoms with Crippen LogP contribution >= 0.6 is 11.3 Å². The second kappa shape index (κ2) is 7.75. The molecule has 1 aliphatic rings. The third-order valence-corrected chi connectivity index (χ3v) is 6.14. The summed E-state index contributed by atoms with van der Waals surface area (Å²) in [5, 5.41) is 18.6. The van der Waals surface area contributed by atoms with E-state index in [2.05, 4.69) is 17.1 Å². The summed E-state index contributed by atoms with van der Waals surface area (Å²) in [6.45, 7) is 3.89. The fourth-order valence-corrected chi connectivity index (χ4v) is 4.41. The van der Waals surface area contributed by atoms with Gasteiger partial charge >= 0.3 is 5.97 Å². The number of aromatic nitrogens is 2. The van der Waals surface area contributed by atoms with E-state index in [0.717, 1.165) is 19.3 Å². The first-order valence-corrected chi connectivity index (χ1v) is 10.1. The van der Waals surface area contributed by atoms with Crippen LogP contribution in [0.3, 0.4) is 0 Å². The Labute approximate surface area is 170 Å². The first-order chi connectivity index (χ1) is 13.9. The number of thiophene rings is 1. The Morgan fingerprint density at radius 2 is 2.10 bits per heavy atom. The van der Waals surface area contributed by atoms with E-state index >= 15 is 0 Å². The molecule has 4 rings (SSSR count). The number of aryl methyl sites for hydroxylation is 1. The molecule has 0 unspecified atom stereocenters. The van der Waals surface area contributed by atoms with Crippen molar-refractivity contribution in [1.29, 1.82) is 0 Å². The number of benzene rings is 1. The summed E-state index contributed by atoms with van der Waals surface area (Å²) in [5.41, 5.74) is 1.77. The molecule has 0 radical (unpaired) electrons. The minimum atomic E-state index is -0.708. The molecule has 0 spiro atoms. The minimum Gasteiger partial charge on any atom is -0.448 e. The number of carbonyl (C=O) groups excluding carboxylic acids is 1. The highest BCUT2D eigenvalue weighted by atomic mass is 32.1. The highest BCUT2D eigenvalue weighted by molar-refractivity contribution is 7.14. The van der Waals surface area contributed by atoms with Gasteiger partial charge in [-0.3, -0.25) is 10.1 Å². The third-order valence-electron chi connectivity index (χ3n) is 4.93. The average Bonchev–Trinajstić information content (AvgIpc) is 3.35. The summed E-state index contributed by atoms with van der Waals surface area (Å²) in [6, 6.07) is 7.72. The van der Waals surface area contributed by atoms with E-state index in [-0.39, 0.29) is 17.5 Å². The summed E-state index contributed by atoms with van der Waals surface area (Å²) < 4.78 is 11.1. The van der Waals surface area contributed by atoms with Crippen LogP contribution in [0.5, 0.6) is 0 Å². The second-order valence-electron chi connectivity index (χ2n) is 7.20. The van der Waals surface area contributed by atoms with Gasteiger partial charge in [0.05, 0.1) is 4.92 Å². The SMILES string of the molecule is C[C@@H]1CCc2sc(C(=O)O[C@H](C)c3nnc(-c4ccc([N+](=O)[O-])cc4)o3)cc2C1. The average molecular weight is 413 g/mol. The van der Waals surface area contributed by atoms with E-state index in [1.807, 2.05) is 6.07 Å². The van der Waals surface area contributed by atoms with Crippen molar-refractivity contribution in [2.75, 3.05) is 0 Å². The Balaban J connectivity index is 1.44. The van der Waals surface area contributed by atoms with Crippen molar-refractivity contribution in [2.24, 2.45) is 5.92 Å². The van der Waals surface area contributed by atoms with Gasteiger partial charge in [-0.25, -0.2) is 4.79 Å². The van der Waals surface area contributed by atoms with Crippen LogP contribution in [0.2, 0.25) is 0 Å². The Morgan fingerprint density at radius 1 is 1.34 bits per heavy atom. The number of esters is 1. The lowest BCUT2D eigenvalue weighted by Gasteiger charge is -2.16. The molecule has 0 saturated carbocycles. The predicted molar refractivity (Wildman–Crippen MR) is 106 cm³/mol. The number of hydrogen-bond acceptors (Lipinski definition) is 8. The molecule has 0 N–H and O–H groups in total. The maximum absolute atomic E-state index is 12.5. The minimum absolute atomic E-state index is 0.0242. The van der Waals surface area contributed by atoms with E-state index in [9.17, 15) is 14.9 Å². The fourth-order valence-electron chi connectivity index (χ4n) is 3.32. The summed E-state index contributed by atoms with van der Waals surface area (Å²) in [4.78, 5) is 24.7. The lowest BCUT2D eigenvalue weighted by molar-refractivity contribution is -0.384. The van der Waals surface area contributed by atoms with Crippen LogP contribution in [-0.4, -0.2) is 21.1 Å². The molecule has 0 saturated heterocycles. The zero-order valence-corrected chi connectivity index (χ0v) is 16.8. The number of ether oxygens (including phenoxy) is 1. The molecule has 0 fully saturated rings. The van der Waals surface area contributed by atoms with Crippen LogP contribution < -0.4 is 0 Å². The Hall–Kier alpha value is -3.07. The zero-order valence-electron chi connectivity index (χ0n) is 16.0. The molecule has 29 heavy (non-hydrogen) atoms. The first kappa shape index (κ1) is 19.3. The molecule has 0 amide bonds. The van der Waals surface area contributed by atoms with Gasteiger partial charge in [0.2, 0.25) is 5.89 Å². The summed E-state index contributed by atoms with van der Waals surface area (Å²) in [7, 11) is 0. The number of rotatable bonds is 5. The number of hydrogen-bond donors (Lipinski definition) is 0.